The van der Waals surface area contributed by atoms with Crippen molar-refractivity contribution in [3.63, 3.8) is 0 Å². The summed E-state index contributed by atoms with van der Waals surface area (Å²) in [6, 6.07) is 12.3. The third-order valence-electron chi connectivity index (χ3n) is 4.46. The van der Waals surface area contributed by atoms with Crippen LogP contribution in [0.15, 0.2) is 47.6 Å². The first-order chi connectivity index (χ1) is 15.3. The number of methoxy groups -OCH3 is 1. The molecule has 170 valence electrons. The van der Waals surface area contributed by atoms with E-state index in [0.29, 0.717) is 29.2 Å². The number of anilines is 1. The molecule has 32 heavy (non-hydrogen) atoms. The topological polar surface area (TPSA) is 118 Å². The van der Waals surface area contributed by atoms with Gasteiger partial charge in [-0.25, -0.2) is 5.43 Å². The molecule has 0 aliphatic carbocycles. The van der Waals surface area contributed by atoms with Crippen molar-refractivity contribution in [3.05, 3.63) is 53.6 Å². The molecule has 2 aromatic rings. The number of carbonyl (C=O) groups is 3. The molecule has 0 aliphatic rings. The van der Waals surface area contributed by atoms with Crippen LogP contribution in [0.5, 0.6) is 11.5 Å². The Morgan fingerprint density at radius 2 is 1.78 bits per heavy atom. The van der Waals surface area contributed by atoms with E-state index in [1.165, 1.54) is 13.3 Å². The van der Waals surface area contributed by atoms with Gasteiger partial charge in [0.1, 0.15) is 0 Å². The van der Waals surface area contributed by atoms with Crippen molar-refractivity contribution in [1.82, 2.24) is 10.7 Å². The Bertz CT molecular complexity index is 973. The van der Waals surface area contributed by atoms with E-state index in [1.54, 1.807) is 25.1 Å². The van der Waals surface area contributed by atoms with Gasteiger partial charge in [0.05, 0.1) is 13.3 Å². The second-order valence-electron chi connectivity index (χ2n) is 7.10. The van der Waals surface area contributed by atoms with Gasteiger partial charge in [-0.15, -0.1) is 0 Å². The maximum Gasteiger partial charge on any atom is 0.329 e. The maximum atomic E-state index is 12.1. The molecule has 3 N–H and O–H groups in total. The number of nitrogens with one attached hydrogen (secondary N) is 3. The minimum atomic E-state index is -0.854. The van der Waals surface area contributed by atoms with Gasteiger partial charge in [-0.3, -0.25) is 14.4 Å². The van der Waals surface area contributed by atoms with Gasteiger partial charge in [-0.1, -0.05) is 24.6 Å². The van der Waals surface area contributed by atoms with Crippen LogP contribution in [0, 0.1) is 6.92 Å². The standard InChI is InChI=1S/C23H28N4O5/c1-5-16(3)25-22(29)23(30)27-24-13-17-8-11-19(20(12-17)31-4)32-14-21(28)26-18-9-6-15(2)7-10-18/h6-13,16H,5,14H2,1-4H3,(H,25,29)(H,26,28)(H,27,30)/b24-13-/t16-/m0/s1. The minimum absolute atomic E-state index is 0.104. The van der Waals surface area contributed by atoms with Crippen molar-refractivity contribution in [2.24, 2.45) is 5.10 Å². The molecule has 0 aromatic heterocycles. The lowest BCUT2D eigenvalue weighted by atomic mass is 10.2. The average Bonchev–Trinajstić information content (AvgIpc) is 2.79. The summed E-state index contributed by atoms with van der Waals surface area (Å²) in [5.41, 5.74) is 4.55. The summed E-state index contributed by atoms with van der Waals surface area (Å²) in [6.07, 6.45) is 2.08. The quantitative estimate of drug-likeness (QED) is 0.314. The Balaban J connectivity index is 1.90. The Kier molecular flexibility index (Phi) is 9.22. The first-order valence-electron chi connectivity index (χ1n) is 10.1. The number of nitrogens with zero attached hydrogens (tertiary/aromatic N) is 1. The van der Waals surface area contributed by atoms with E-state index in [1.807, 2.05) is 38.1 Å². The predicted octanol–water partition coefficient (Wildman–Crippen LogP) is 2.39. The molecule has 0 saturated heterocycles. The van der Waals surface area contributed by atoms with Crippen LogP contribution in [0.1, 0.15) is 31.4 Å². The SMILES string of the molecule is CC[C@H](C)NC(=O)C(=O)N/N=C\c1ccc(OCC(=O)Nc2ccc(C)cc2)c(OC)c1. The number of hydrazone groups is 1. The second kappa shape index (κ2) is 12.1. The van der Waals surface area contributed by atoms with Crippen molar-refractivity contribution < 1.29 is 23.9 Å². The zero-order chi connectivity index (χ0) is 23.5. The molecule has 0 fully saturated rings. The van der Waals surface area contributed by atoms with Crippen molar-refractivity contribution in [2.45, 2.75) is 33.2 Å². The van der Waals surface area contributed by atoms with Crippen LogP contribution in [0.4, 0.5) is 5.69 Å². The van der Waals surface area contributed by atoms with Crippen LogP contribution in [-0.2, 0) is 14.4 Å². The molecule has 0 bridgehead atoms. The van der Waals surface area contributed by atoms with E-state index in [-0.39, 0.29) is 18.6 Å². The molecule has 0 radical (unpaired) electrons. The van der Waals surface area contributed by atoms with E-state index in [2.05, 4.69) is 21.2 Å². The van der Waals surface area contributed by atoms with Gasteiger partial charge in [0, 0.05) is 11.7 Å². The monoisotopic (exact) mass is 440 g/mol. The van der Waals surface area contributed by atoms with Crippen LogP contribution < -0.4 is 25.5 Å². The zero-order valence-electron chi connectivity index (χ0n) is 18.6. The highest BCUT2D eigenvalue weighted by molar-refractivity contribution is 6.35. The largest absolute Gasteiger partial charge is 0.493 e. The van der Waals surface area contributed by atoms with Crippen molar-refractivity contribution in [3.8, 4) is 11.5 Å². The fourth-order valence-electron chi connectivity index (χ4n) is 2.47. The number of carbonyl (C=O) groups excluding carboxylic acids is 3. The Hall–Kier alpha value is -3.88. The lowest BCUT2D eigenvalue weighted by Crippen LogP contribution is -2.41. The highest BCUT2D eigenvalue weighted by atomic mass is 16.5. The molecule has 0 unspecified atom stereocenters. The summed E-state index contributed by atoms with van der Waals surface area (Å²) in [7, 11) is 1.47. The third kappa shape index (κ3) is 7.75. The van der Waals surface area contributed by atoms with Crippen LogP contribution in [0.25, 0.3) is 0 Å². The normalized spacial score (nSPS) is 11.5. The fraction of sp³-hybridized carbons (Fsp3) is 0.304. The highest BCUT2D eigenvalue weighted by Crippen LogP contribution is 2.27. The molecule has 0 heterocycles. The average molecular weight is 441 g/mol. The summed E-state index contributed by atoms with van der Waals surface area (Å²) >= 11 is 0. The molecule has 3 amide bonds. The second-order valence-corrected chi connectivity index (χ2v) is 7.10. The number of hydrogen-bond acceptors (Lipinski definition) is 6. The van der Waals surface area contributed by atoms with E-state index in [4.69, 9.17) is 9.47 Å². The Labute approximate surface area is 187 Å². The number of aryl methyl sites for hydroxylation is 1. The summed E-state index contributed by atoms with van der Waals surface area (Å²) in [5.74, 6) is -1.15. The van der Waals surface area contributed by atoms with Gasteiger partial charge >= 0.3 is 11.8 Å². The number of benzene rings is 2. The maximum absolute atomic E-state index is 12.1. The van der Waals surface area contributed by atoms with E-state index in [9.17, 15) is 14.4 Å². The molecule has 0 saturated carbocycles. The predicted molar refractivity (Wildman–Crippen MR) is 122 cm³/mol. The molecule has 9 nitrogen and oxygen atoms in total. The molecule has 9 heteroatoms. The van der Waals surface area contributed by atoms with Crippen LogP contribution in [-0.4, -0.2) is 43.7 Å². The number of rotatable bonds is 9. The molecular formula is C23H28N4O5. The molecule has 2 aromatic carbocycles. The van der Waals surface area contributed by atoms with Crippen molar-refractivity contribution in [1.29, 1.82) is 0 Å². The van der Waals surface area contributed by atoms with Crippen molar-refractivity contribution in [2.75, 3.05) is 19.0 Å². The number of ether oxygens (including phenoxy) is 2. The lowest BCUT2D eigenvalue weighted by Gasteiger charge is -2.11. The molecular weight excluding hydrogens is 412 g/mol. The summed E-state index contributed by atoms with van der Waals surface area (Å²) in [4.78, 5) is 35.5. The van der Waals surface area contributed by atoms with E-state index < -0.39 is 11.8 Å². The molecule has 0 spiro atoms. The zero-order valence-corrected chi connectivity index (χ0v) is 18.6. The number of amides is 3. The van der Waals surface area contributed by atoms with Gasteiger partial charge < -0.3 is 20.1 Å². The first-order valence-corrected chi connectivity index (χ1v) is 10.1. The van der Waals surface area contributed by atoms with Gasteiger partial charge in [-0.05, 0) is 56.2 Å². The lowest BCUT2D eigenvalue weighted by molar-refractivity contribution is -0.139. The van der Waals surface area contributed by atoms with Gasteiger partial charge in [-0.2, -0.15) is 5.10 Å². The summed E-state index contributed by atoms with van der Waals surface area (Å²) in [5, 5.41) is 9.08. The molecule has 2 rings (SSSR count). The van der Waals surface area contributed by atoms with Gasteiger partial charge in [0.15, 0.2) is 18.1 Å². The smallest absolute Gasteiger partial charge is 0.329 e. The van der Waals surface area contributed by atoms with Crippen molar-refractivity contribution >= 4 is 29.6 Å². The highest BCUT2D eigenvalue weighted by Gasteiger charge is 2.14. The van der Waals surface area contributed by atoms with E-state index >= 15 is 0 Å². The van der Waals surface area contributed by atoms with Gasteiger partial charge in [0.25, 0.3) is 5.91 Å². The molecule has 1 atom stereocenters. The minimum Gasteiger partial charge on any atom is -0.493 e. The first kappa shape index (κ1) is 24.4. The summed E-state index contributed by atoms with van der Waals surface area (Å²) < 4.78 is 10.9. The van der Waals surface area contributed by atoms with E-state index in [0.717, 1.165) is 5.56 Å². The summed E-state index contributed by atoms with van der Waals surface area (Å²) in [6.45, 7) is 5.47. The van der Waals surface area contributed by atoms with Gasteiger partial charge in [0.2, 0.25) is 0 Å². The Morgan fingerprint density at radius 1 is 1.06 bits per heavy atom. The van der Waals surface area contributed by atoms with Crippen LogP contribution in [0.2, 0.25) is 0 Å². The number of hydrogen-bond donors (Lipinski definition) is 3. The third-order valence-corrected chi connectivity index (χ3v) is 4.46. The fourth-order valence-corrected chi connectivity index (χ4v) is 2.47. The Morgan fingerprint density at radius 3 is 2.44 bits per heavy atom. The van der Waals surface area contributed by atoms with Crippen LogP contribution in [0.3, 0.4) is 0 Å². The molecule has 0 aliphatic heterocycles. The van der Waals surface area contributed by atoms with Crippen LogP contribution >= 0.6 is 0 Å².